The summed E-state index contributed by atoms with van der Waals surface area (Å²) in [6.07, 6.45) is 1.83. The van der Waals surface area contributed by atoms with Gasteiger partial charge in [-0.25, -0.2) is 0 Å². The Kier molecular flexibility index (Phi) is 5.45. The van der Waals surface area contributed by atoms with Crippen molar-refractivity contribution in [3.63, 3.8) is 0 Å². The average molecular weight is 363 g/mol. The van der Waals surface area contributed by atoms with Crippen molar-refractivity contribution < 1.29 is 0 Å². The minimum atomic E-state index is 0.967. The Morgan fingerprint density at radius 3 is 1.54 bits per heavy atom. The molecule has 0 saturated carbocycles. The van der Waals surface area contributed by atoms with Gasteiger partial charge in [-0.1, -0.05) is 66.7 Å². The largest absolute Gasteiger partial charge is 0.311 e. The first kappa shape index (κ1) is 17.6. The first-order chi connectivity index (χ1) is 13.9. The lowest BCUT2D eigenvalue weighted by Gasteiger charge is -2.25. The van der Waals surface area contributed by atoms with E-state index in [1.807, 2.05) is 48.7 Å². The van der Waals surface area contributed by atoms with Gasteiger partial charge in [-0.2, -0.15) is 5.10 Å². The van der Waals surface area contributed by atoms with Crippen molar-refractivity contribution in [3.8, 4) is 0 Å². The zero-order valence-electron chi connectivity index (χ0n) is 15.4. The Morgan fingerprint density at radius 2 is 1.00 bits per heavy atom. The molecule has 4 aromatic rings. The van der Waals surface area contributed by atoms with Gasteiger partial charge in [-0.3, -0.25) is 5.43 Å². The van der Waals surface area contributed by atoms with Gasteiger partial charge < -0.3 is 4.90 Å². The molecule has 0 aliphatic rings. The first-order valence-electron chi connectivity index (χ1n) is 9.24. The molecule has 28 heavy (non-hydrogen) atoms. The zero-order valence-corrected chi connectivity index (χ0v) is 15.4. The number of anilines is 4. The molecule has 0 amide bonds. The van der Waals surface area contributed by atoms with Crippen LogP contribution in [0, 0.1) is 0 Å². The molecule has 0 bridgehead atoms. The summed E-state index contributed by atoms with van der Waals surface area (Å²) in [6.45, 7) is 0. The lowest BCUT2D eigenvalue weighted by atomic mass is 10.1. The van der Waals surface area contributed by atoms with Crippen molar-refractivity contribution in [2.45, 2.75) is 0 Å². The summed E-state index contributed by atoms with van der Waals surface area (Å²) in [6, 6.07) is 39.1. The van der Waals surface area contributed by atoms with E-state index in [2.05, 4.69) is 88.2 Å². The molecule has 0 saturated heterocycles. The summed E-state index contributed by atoms with van der Waals surface area (Å²) < 4.78 is 0. The molecule has 0 radical (unpaired) electrons. The molecule has 4 aromatic carbocycles. The highest BCUT2D eigenvalue weighted by Gasteiger charge is 2.11. The van der Waals surface area contributed by atoms with Crippen LogP contribution >= 0.6 is 0 Å². The van der Waals surface area contributed by atoms with Crippen LogP contribution in [0.3, 0.4) is 0 Å². The van der Waals surface area contributed by atoms with Crippen molar-refractivity contribution in [3.05, 3.63) is 121 Å². The predicted octanol–water partition coefficient (Wildman–Crippen LogP) is 6.60. The number of nitrogens with zero attached hydrogens (tertiary/aromatic N) is 2. The van der Waals surface area contributed by atoms with Crippen LogP contribution in [0.2, 0.25) is 0 Å². The van der Waals surface area contributed by atoms with Crippen molar-refractivity contribution in [2.75, 3.05) is 10.3 Å². The van der Waals surface area contributed by atoms with E-state index in [-0.39, 0.29) is 0 Å². The smallest absolute Gasteiger partial charge is 0.0561 e. The van der Waals surface area contributed by atoms with E-state index in [4.69, 9.17) is 0 Å². The minimum Gasteiger partial charge on any atom is -0.311 e. The maximum absolute atomic E-state index is 4.31. The lowest BCUT2D eigenvalue weighted by molar-refractivity contribution is 1.28. The number of hydrazone groups is 1. The minimum absolute atomic E-state index is 0.967. The van der Waals surface area contributed by atoms with Crippen LogP contribution in [0.5, 0.6) is 0 Å². The fourth-order valence-electron chi connectivity index (χ4n) is 3.00. The van der Waals surface area contributed by atoms with Crippen LogP contribution in [0.25, 0.3) is 0 Å². The van der Waals surface area contributed by atoms with Crippen LogP contribution in [0.4, 0.5) is 22.7 Å². The van der Waals surface area contributed by atoms with Crippen LogP contribution in [-0.2, 0) is 0 Å². The van der Waals surface area contributed by atoms with Gasteiger partial charge in [0.25, 0.3) is 0 Å². The standard InChI is InChI=1S/C25H21N3/c1-4-10-22(11-5-1)27-26-20-21-16-18-25(19-17-21)28(23-12-6-2-7-13-23)24-14-8-3-9-15-24/h1-20,27H/b26-20-. The highest BCUT2D eigenvalue weighted by atomic mass is 15.3. The summed E-state index contributed by atoms with van der Waals surface area (Å²) in [5, 5.41) is 4.31. The lowest BCUT2D eigenvalue weighted by Crippen LogP contribution is -2.09. The van der Waals surface area contributed by atoms with Gasteiger partial charge in [0.05, 0.1) is 11.9 Å². The van der Waals surface area contributed by atoms with Gasteiger partial charge >= 0.3 is 0 Å². The van der Waals surface area contributed by atoms with Crippen LogP contribution < -0.4 is 10.3 Å². The summed E-state index contributed by atoms with van der Waals surface area (Å²) in [4.78, 5) is 2.24. The number of para-hydroxylation sites is 3. The second-order valence-electron chi connectivity index (χ2n) is 6.33. The molecule has 0 aliphatic carbocycles. The van der Waals surface area contributed by atoms with E-state index in [1.165, 1.54) is 0 Å². The average Bonchev–Trinajstić information content (AvgIpc) is 2.77. The highest BCUT2D eigenvalue weighted by molar-refractivity contribution is 5.83. The molecule has 0 spiro atoms. The summed E-state index contributed by atoms with van der Waals surface area (Å²) in [5.74, 6) is 0. The van der Waals surface area contributed by atoms with Crippen molar-refractivity contribution in [1.29, 1.82) is 0 Å². The third-order valence-corrected chi connectivity index (χ3v) is 4.36. The molecule has 0 unspecified atom stereocenters. The van der Waals surface area contributed by atoms with Gasteiger partial charge in [-0.15, -0.1) is 0 Å². The summed E-state index contributed by atoms with van der Waals surface area (Å²) >= 11 is 0. The Labute approximate surface area is 165 Å². The molecule has 136 valence electrons. The van der Waals surface area contributed by atoms with E-state index in [9.17, 15) is 0 Å². The zero-order chi connectivity index (χ0) is 19.0. The molecule has 0 heterocycles. The van der Waals surface area contributed by atoms with E-state index < -0.39 is 0 Å². The van der Waals surface area contributed by atoms with Crippen molar-refractivity contribution >= 4 is 29.0 Å². The number of hydrogen-bond acceptors (Lipinski definition) is 3. The topological polar surface area (TPSA) is 27.6 Å². The van der Waals surface area contributed by atoms with Crippen LogP contribution in [0.15, 0.2) is 120 Å². The van der Waals surface area contributed by atoms with Gasteiger partial charge in [-0.05, 0) is 54.1 Å². The second kappa shape index (κ2) is 8.69. The quantitative estimate of drug-likeness (QED) is 0.309. The Morgan fingerprint density at radius 1 is 0.536 bits per heavy atom. The SMILES string of the molecule is C(=N/Nc1ccccc1)/c1ccc(N(c2ccccc2)c2ccccc2)cc1. The van der Waals surface area contributed by atoms with E-state index in [1.54, 1.807) is 0 Å². The first-order valence-corrected chi connectivity index (χ1v) is 9.24. The van der Waals surface area contributed by atoms with Crippen molar-refractivity contribution in [1.82, 2.24) is 0 Å². The Bertz CT molecular complexity index is 972. The predicted molar refractivity (Wildman–Crippen MR) is 119 cm³/mol. The summed E-state index contributed by atoms with van der Waals surface area (Å²) in [7, 11) is 0. The molecular weight excluding hydrogens is 342 g/mol. The van der Waals surface area contributed by atoms with E-state index >= 15 is 0 Å². The van der Waals surface area contributed by atoms with Gasteiger partial charge in [0, 0.05) is 17.1 Å². The van der Waals surface area contributed by atoms with Gasteiger partial charge in [0.1, 0.15) is 0 Å². The molecule has 0 fully saturated rings. The molecule has 0 atom stereocenters. The van der Waals surface area contributed by atoms with Crippen molar-refractivity contribution in [2.24, 2.45) is 5.10 Å². The number of hydrogen-bond donors (Lipinski definition) is 1. The maximum Gasteiger partial charge on any atom is 0.0561 e. The molecule has 0 aliphatic heterocycles. The van der Waals surface area contributed by atoms with Gasteiger partial charge in [0.15, 0.2) is 0 Å². The monoisotopic (exact) mass is 363 g/mol. The highest BCUT2D eigenvalue weighted by Crippen LogP contribution is 2.33. The van der Waals surface area contributed by atoms with E-state index in [0.717, 1.165) is 28.3 Å². The molecular formula is C25H21N3. The normalized spacial score (nSPS) is 10.7. The second-order valence-corrected chi connectivity index (χ2v) is 6.33. The third kappa shape index (κ3) is 4.27. The Balaban J connectivity index is 1.56. The van der Waals surface area contributed by atoms with E-state index in [0.29, 0.717) is 0 Å². The maximum atomic E-state index is 4.31. The Hall–Kier alpha value is -3.85. The molecule has 3 heteroatoms. The van der Waals surface area contributed by atoms with Gasteiger partial charge in [0.2, 0.25) is 0 Å². The molecule has 1 N–H and O–H groups in total. The number of rotatable bonds is 6. The number of benzene rings is 4. The molecule has 4 rings (SSSR count). The fraction of sp³-hybridized carbons (Fsp3) is 0. The fourth-order valence-corrected chi connectivity index (χ4v) is 3.00. The third-order valence-electron chi connectivity index (χ3n) is 4.36. The summed E-state index contributed by atoms with van der Waals surface area (Å²) in [5.41, 5.74) is 8.40. The molecule has 0 aromatic heterocycles. The molecule has 3 nitrogen and oxygen atoms in total. The van der Waals surface area contributed by atoms with Crippen LogP contribution in [-0.4, -0.2) is 6.21 Å². The van der Waals surface area contributed by atoms with Crippen LogP contribution in [0.1, 0.15) is 5.56 Å². The number of nitrogens with one attached hydrogen (secondary N) is 1.